The largest absolute Gasteiger partial charge is 0.449 e. The Morgan fingerprint density at radius 2 is 1.76 bits per heavy atom. The molecule has 5 heteroatoms. The van der Waals surface area contributed by atoms with Crippen molar-refractivity contribution in [1.82, 2.24) is 5.32 Å². The number of benzene rings is 2. The van der Waals surface area contributed by atoms with Gasteiger partial charge in [-0.15, -0.1) is 0 Å². The Hall–Kier alpha value is -3.13. The second-order valence-electron chi connectivity index (χ2n) is 6.03. The van der Waals surface area contributed by atoms with Crippen molar-refractivity contribution in [3.63, 3.8) is 0 Å². The average Bonchev–Trinajstić information content (AvgIpc) is 3.45. The van der Waals surface area contributed by atoms with E-state index in [9.17, 15) is 14.9 Å². The van der Waals surface area contributed by atoms with Gasteiger partial charge in [-0.05, 0) is 37.5 Å². The number of nitrogens with zero attached hydrogens (tertiary/aromatic N) is 1. The van der Waals surface area contributed by atoms with E-state index in [-0.39, 0.29) is 11.9 Å². The Morgan fingerprint density at radius 3 is 2.44 bits per heavy atom. The molecule has 126 valence electrons. The van der Waals surface area contributed by atoms with Crippen molar-refractivity contribution in [2.45, 2.75) is 31.9 Å². The Kier molecular flexibility index (Phi) is 4.80. The molecule has 1 aliphatic rings. The molecular formula is C20H18N2O3. The number of hydrogen-bond donors (Lipinski definition) is 1. The minimum atomic E-state index is -0.868. The van der Waals surface area contributed by atoms with Crippen LogP contribution in [0.3, 0.4) is 0 Å². The summed E-state index contributed by atoms with van der Waals surface area (Å²) in [4.78, 5) is 24.6. The van der Waals surface area contributed by atoms with Gasteiger partial charge in [-0.25, -0.2) is 4.79 Å². The van der Waals surface area contributed by atoms with Crippen molar-refractivity contribution < 1.29 is 14.3 Å². The van der Waals surface area contributed by atoms with E-state index in [1.807, 2.05) is 6.07 Å². The molecule has 0 unspecified atom stereocenters. The van der Waals surface area contributed by atoms with Crippen molar-refractivity contribution in [2.24, 2.45) is 0 Å². The molecule has 1 fully saturated rings. The van der Waals surface area contributed by atoms with Gasteiger partial charge in [0.1, 0.15) is 0 Å². The summed E-state index contributed by atoms with van der Waals surface area (Å²) in [6, 6.07) is 16.3. The maximum atomic E-state index is 12.6. The normalized spacial score (nSPS) is 14.2. The third-order valence-electron chi connectivity index (χ3n) is 4.06. The molecule has 1 amide bonds. The lowest BCUT2D eigenvalue weighted by Crippen LogP contribution is -2.37. The molecule has 25 heavy (non-hydrogen) atoms. The van der Waals surface area contributed by atoms with Crippen LogP contribution in [-0.2, 0) is 9.53 Å². The van der Waals surface area contributed by atoms with Gasteiger partial charge in [0.05, 0.1) is 17.2 Å². The topological polar surface area (TPSA) is 79.2 Å². The molecule has 2 aromatic rings. The highest BCUT2D eigenvalue weighted by Crippen LogP contribution is 2.27. The zero-order chi connectivity index (χ0) is 17.8. The van der Waals surface area contributed by atoms with Crippen LogP contribution in [0.25, 0.3) is 11.1 Å². The highest BCUT2D eigenvalue weighted by atomic mass is 16.5. The number of nitrogens with one attached hydrogen (secondary N) is 1. The summed E-state index contributed by atoms with van der Waals surface area (Å²) in [6.45, 7) is 1.56. The van der Waals surface area contributed by atoms with Gasteiger partial charge in [-0.2, -0.15) is 5.26 Å². The van der Waals surface area contributed by atoms with Crippen LogP contribution in [0.5, 0.6) is 0 Å². The summed E-state index contributed by atoms with van der Waals surface area (Å²) in [5.41, 5.74) is 2.07. The molecule has 0 bridgehead atoms. The van der Waals surface area contributed by atoms with Crippen molar-refractivity contribution in [2.75, 3.05) is 0 Å². The Bertz CT molecular complexity index is 850. The lowest BCUT2D eigenvalue weighted by atomic mass is 9.96. The summed E-state index contributed by atoms with van der Waals surface area (Å²) in [6.07, 6.45) is 1.08. The second-order valence-corrected chi connectivity index (χ2v) is 6.03. The van der Waals surface area contributed by atoms with Crippen LogP contribution < -0.4 is 5.32 Å². The van der Waals surface area contributed by atoms with Crippen LogP contribution in [0.15, 0.2) is 48.5 Å². The number of esters is 1. The van der Waals surface area contributed by atoms with Crippen molar-refractivity contribution in [3.8, 4) is 17.2 Å². The minimum Gasteiger partial charge on any atom is -0.449 e. The van der Waals surface area contributed by atoms with E-state index in [0.29, 0.717) is 22.3 Å². The highest BCUT2D eigenvalue weighted by molar-refractivity contribution is 5.99. The first-order valence-electron chi connectivity index (χ1n) is 8.20. The molecule has 1 saturated carbocycles. The fourth-order valence-corrected chi connectivity index (χ4v) is 2.54. The van der Waals surface area contributed by atoms with Gasteiger partial charge in [0.2, 0.25) is 0 Å². The molecule has 3 rings (SSSR count). The third kappa shape index (κ3) is 3.86. The van der Waals surface area contributed by atoms with Gasteiger partial charge in [0, 0.05) is 11.6 Å². The first-order valence-corrected chi connectivity index (χ1v) is 8.20. The number of hydrogen-bond acceptors (Lipinski definition) is 4. The van der Waals surface area contributed by atoms with Crippen LogP contribution in [0.2, 0.25) is 0 Å². The monoisotopic (exact) mass is 334 g/mol. The number of carbonyl (C=O) groups excluding carboxylic acids is 2. The van der Waals surface area contributed by atoms with Gasteiger partial charge in [0.15, 0.2) is 6.10 Å². The minimum absolute atomic E-state index is 0.212. The van der Waals surface area contributed by atoms with Gasteiger partial charge in [-0.3, -0.25) is 4.79 Å². The Morgan fingerprint density at radius 1 is 1.12 bits per heavy atom. The van der Waals surface area contributed by atoms with Crippen molar-refractivity contribution in [3.05, 3.63) is 59.7 Å². The molecule has 2 aromatic carbocycles. The van der Waals surface area contributed by atoms with Crippen LogP contribution in [0, 0.1) is 11.3 Å². The van der Waals surface area contributed by atoms with E-state index in [4.69, 9.17) is 4.74 Å². The van der Waals surface area contributed by atoms with E-state index in [1.54, 1.807) is 49.4 Å². The lowest BCUT2D eigenvalue weighted by molar-refractivity contribution is -0.129. The molecule has 1 atom stereocenters. The van der Waals surface area contributed by atoms with Crippen LogP contribution in [-0.4, -0.2) is 24.0 Å². The number of ether oxygens (including phenoxy) is 1. The van der Waals surface area contributed by atoms with E-state index in [1.165, 1.54) is 0 Å². The van der Waals surface area contributed by atoms with E-state index in [0.717, 1.165) is 12.8 Å². The highest BCUT2D eigenvalue weighted by Gasteiger charge is 2.28. The fraction of sp³-hybridized carbons (Fsp3) is 0.250. The van der Waals surface area contributed by atoms with Crippen LogP contribution >= 0.6 is 0 Å². The molecule has 1 aliphatic carbocycles. The fourth-order valence-electron chi connectivity index (χ4n) is 2.54. The van der Waals surface area contributed by atoms with Crippen LogP contribution in [0.4, 0.5) is 0 Å². The Balaban J connectivity index is 1.84. The second kappa shape index (κ2) is 7.18. The summed E-state index contributed by atoms with van der Waals surface area (Å²) in [5.74, 6) is -0.868. The van der Waals surface area contributed by atoms with Gasteiger partial charge >= 0.3 is 5.97 Å². The molecule has 0 aromatic heterocycles. The zero-order valence-corrected chi connectivity index (χ0v) is 13.9. The smallest absolute Gasteiger partial charge is 0.339 e. The molecular weight excluding hydrogens is 316 g/mol. The molecule has 0 saturated heterocycles. The SMILES string of the molecule is C[C@@H](OC(=O)c1ccccc1-c1ccccc1C#N)C(=O)NC1CC1. The number of amides is 1. The first kappa shape index (κ1) is 16.7. The molecule has 1 N–H and O–H groups in total. The average molecular weight is 334 g/mol. The summed E-state index contributed by atoms with van der Waals surface area (Å²) in [7, 11) is 0. The van der Waals surface area contributed by atoms with Gasteiger partial charge in [0.25, 0.3) is 5.91 Å². The molecule has 0 radical (unpaired) electrons. The molecule has 5 nitrogen and oxygen atoms in total. The van der Waals surface area contributed by atoms with Gasteiger partial charge < -0.3 is 10.1 Å². The predicted molar refractivity (Wildman–Crippen MR) is 92.6 cm³/mol. The zero-order valence-electron chi connectivity index (χ0n) is 13.9. The number of carbonyl (C=O) groups is 2. The summed E-state index contributed by atoms with van der Waals surface area (Å²) in [5, 5.41) is 12.1. The quantitative estimate of drug-likeness (QED) is 0.852. The van der Waals surface area contributed by atoms with E-state index >= 15 is 0 Å². The summed E-state index contributed by atoms with van der Waals surface area (Å²) < 4.78 is 5.33. The Labute approximate surface area is 146 Å². The lowest BCUT2D eigenvalue weighted by Gasteiger charge is -2.15. The molecule has 0 aliphatic heterocycles. The summed E-state index contributed by atoms with van der Waals surface area (Å²) >= 11 is 0. The first-order chi connectivity index (χ1) is 12.1. The van der Waals surface area contributed by atoms with Gasteiger partial charge in [-0.1, -0.05) is 36.4 Å². The maximum Gasteiger partial charge on any atom is 0.339 e. The van der Waals surface area contributed by atoms with E-state index < -0.39 is 12.1 Å². The standard InChI is InChI=1S/C20H18N2O3/c1-13(19(23)22-15-10-11-15)25-20(24)18-9-5-4-8-17(18)16-7-3-2-6-14(16)12-21/h2-9,13,15H,10-11H2,1H3,(H,22,23)/t13-/m1/s1. The maximum absolute atomic E-state index is 12.6. The number of nitriles is 1. The third-order valence-corrected chi connectivity index (χ3v) is 4.06. The van der Waals surface area contributed by atoms with E-state index in [2.05, 4.69) is 11.4 Å². The molecule has 0 spiro atoms. The molecule has 0 heterocycles. The predicted octanol–water partition coefficient (Wildman–Crippen LogP) is 3.05. The van der Waals surface area contributed by atoms with Crippen molar-refractivity contribution >= 4 is 11.9 Å². The van der Waals surface area contributed by atoms with Crippen molar-refractivity contribution in [1.29, 1.82) is 5.26 Å². The number of rotatable bonds is 5. The van der Waals surface area contributed by atoms with Crippen LogP contribution in [0.1, 0.15) is 35.7 Å².